The standard InChI is InChI=1S/C17H18O6S/c1-12-6-8-14(9-7-12)24(18,19)22-11-13-10-21-16-5-3-4-15(20-2)17(16)23-13/h3-9,13H,10-11H2,1-2H3/t13-/m0/s1. The fourth-order valence-electron chi connectivity index (χ4n) is 2.29. The normalized spacial score (nSPS) is 16.7. The molecule has 1 heterocycles. The fraction of sp³-hybridized carbons (Fsp3) is 0.294. The topological polar surface area (TPSA) is 71.1 Å². The molecule has 1 atom stereocenters. The van der Waals surface area contributed by atoms with Gasteiger partial charge in [0.15, 0.2) is 17.6 Å². The number of aryl methyl sites for hydroxylation is 1. The van der Waals surface area contributed by atoms with Crippen LogP contribution in [0.5, 0.6) is 17.2 Å². The molecule has 0 saturated carbocycles. The van der Waals surface area contributed by atoms with Gasteiger partial charge in [0, 0.05) is 0 Å². The molecule has 128 valence electrons. The first-order valence-corrected chi connectivity index (χ1v) is 8.83. The van der Waals surface area contributed by atoms with E-state index in [2.05, 4.69) is 0 Å². The number of methoxy groups -OCH3 is 1. The number of ether oxygens (including phenoxy) is 3. The van der Waals surface area contributed by atoms with E-state index in [-0.39, 0.29) is 18.1 Å². The highest BCUT2D eigenvalue weighted by molar-refractivity contribution is 7.86. The fourth-order valence-corrected chi connectivity index (χ4v) is 3.23. The summed E-state index contributed by atoms with van der Waals surface area (Å²) in [5.41, 5.74) is 0.974. The van der Waals surface area contributed by atoms with Crippen molar-refractivity contribution in [3.8, 4) is 17.2 Å². The van der Waals surface area contributed by atoms with Crippen LogP contribution in [0.1, 0.15) is 5.56 Å². The predicted octanol–water partition coefficient (Wildman–Crippen LogP) is 2.55. The summed E-state index contributed by atoms with van der Waals surface area (Å²) in [5.74, 6) is 1.54. The van der Waals surface area contributed by atoms with Crippen molar-refractivity contribution in [1.82, 2.24) is 0 Å². The van der Waals surface area contributed by atoms with Crippen LogP contribution < -0.4 is 14.2 Å². The lowest BCUT2D eigenvalue weighted by Crippen LogP contribution is -2.34. The largest absolute Gasteiger partial charge is 0.493 e. The lowest BCUT2D eigenvalue weighted by Gasteiger charge is -2.27. The van der Waals surface area contributed by atoms with Crippen LogP contribution in [-0.2, 0) is 14.3 Å². The Morgan fingerprint density at radius 2 is 1.92 bits per heavy atom. The van der Waals surface area contributed by atoms with Crippen molar-refractivity contribution >= 4 is 10.1 Å². The van der Waals surface area contributed by atoms with E-state index in [1.54, 1.807) is 30.3 Å². The number of hydrogen-bond acceptors (Lipinski definition) is 6. The molecule has 3 rings (SSSR count). The highest BCUT2D eigenvalue weighted by Gasteiger charge is 2.26. The minimum atomic E-state index is -3.84. The van der Waals surface area contributed by atoms with Gasteiger partial charge in [0.2, 0.25) is 5.75 Å². The van der Waals surface area contributed by atoms with Crippen LogP contribution in [0.4, 0.5) is 0 Å². The quantitative estimate of drug-likeness (QED) is 0.772. The second-order valence-electron chi connectivity index (χ2n) is 5.39. The average Bonchev–Trinajstić information content (AvgIpc) is 2.59. The molecule has 0 spiro atoms. The van der Waals surface area contributed by atoms with E-state index in [1.807, 2.05) is 6.92 Å². The van der Waals surface area contributed by atoms with Crippen molar-refractivity contribution in [2.24, 2.45) is 0 Å². The van der Waals surface area contributed by atoms with Crippen LogP contribution in [0, 0.1) is 6.92 Å². The summed E-state index contributed by atoms with van der Waals surface area (Å²) in [4.78, 5) is 0.114. The zero-order chi connectivity index (χ0) is 17.2. The van der Waals surface area contributed by atoms with Gasteiger partial charge >= 0.3 is 0 Å². The molecule has 0 amide bonds. The number of benzene rings is 2. The van der Waals surface area contributed by atoms with E-state index < -0.39 is 16.2 Å². The van der Waals surface area contributed by atoms with E-state index in [0.717, 1.165) is 5.56 Å². The maximum Gasteiger partial charge on any atom is 0.297 e. The van der Waals surface area contributed by atoms with Gasteiger partial charge in [0.1, 0.15) is 13.2 Å². The molecular formula is C17H18O6S. The molecule has 0 bridgehead atoms. The predicted molar refractivity (Wildman–Crippen MR) is 87.2 cm³/mol. The van der Waals surface area contributed by atoms with E-state index >= 15 is 0 Å². The summed E-state index contributed by atoms with van der Waals surface area (Å²) < 4.78 is 46.1. The Morgan fingerprint density at radius 1 is 1.17 bits per heavy atom. The molecule has 2 aromatic carbocycles. The van der Waals surface area contributed by atoms with Gasteiger partial charge in [-0.1, -0.05) is 23.8 Å². The third-order valence-electron chi connectivity index (χ3n) is 3.59. The lowest BCUT2D eigenvalue weighted by molar-refractivity contribution is 0.0526. The molecule has 0 saturated heterocycles. The molecule has 0 radical (unpaired) electrons. The summed E-state index contributed by atoms with van der Waals surface area (Å²) in [7, 11) is -2.31. The lowest BCUT2D eigenvalue weighted by atomic mass is 10.2. The molecule has 0 fully saturated rings. The maximum atomic E-state index is 12.2. The van der Waals surface area contributed by atoms with Gasteiger partial charge in [-0.2, -0.15) is 8.42 Å². The van der Waals surface area contributed by atoms with Crippen molar-refractivity contribution in [1.29, 1.82) is 0 Å². The molecule has 0 aliphatic carbocycles. The Hall–Kier alpha value is -2.25. The van der Waals surface area contributed by atoms with Crippen LogP contribution in [0.25, 0.3) is 0 Å². The third-order valence-corrected chi connectivity index (χ3v) is 4.89. The van der Waals surface area contributed by atoms with Crippen LogP contribution in [0.2, 0.25) is 0 Å². The van der Waals surface area contributed by atoms with Crippen molar-refractivity contribution in [2.45, 2.75) is 17.9 Å². The van der Waals surface area contributed by atoms with Crippen molar-refractivity contribution in [3.05, 3.63) is 48.0 Å². The first kappa shape index (κ1) is 16.6. The van der Waals surface area contributed by atoms with Gasteiger partial charge in [-0.05, 0) is 31.2 Å². The zero-order valence-electron chi connectivity index (χ0n) is 13.4. The first-order valence-electron chi connectivity index (χ1n) is 7.42. The van der Waals surface area contributed by atoms with Crippen molar-refractivity contribution < 1.29 is 26.8 Å². The van der Waals surface area contributed by atoms with Crippen molar-refractivity contribution in [3.63, 3.8) is 0 Å². The van der Waals surface area contributed by atoms with E-state index in [0.29, 0.717) is 17.2 Å². The zero-order valence-corrected chi connectivity index (χ0v) is 14.2. The van der Waals surface area contributed by atoms with E-state index in [1.165, 1.54) is 19.2 Å². The molecule has 2 aromatic rings. The Kier molecular flexibility index (Phi) is 4.64. The number of hydrogen-bond donors (Lipinski definition) is 0. The second kappa shape index (κ2) is 6.70. The number of para-hydroxylation sites is 1. The van der Waals surface area contributed by atoms with Gasteiger partial charge in [-0.25, -0.2) is 0 Å². The second-order valence-corrected chi connectivity index (χ2v) is 7.01. The summed E-state index contributed by atoms with van der Waals surface area (Å²) in [6, 6.07) is 11.8. The van der Waals surface area contributed by atoms with Gasteiger partial charge in [-0.15, -0.1) is 0 Å². The monoisotopic (exact) mass is 350 g/mol. The Bertz CT molecular complexity index is 799. The summed E-state index contributed by atoms with van der Waals surface area (Å²) >= 11 is 0. The van der Waals surface area contributed by atoms with Gasteiger partial charge in [0.25, 0.3) is 10.1 Å². The van der Waals surface area contributed by atoms with E-state index in [9.17, 15) is 8.42 Å². The highest BCUT2D eigenvalue weighted by atomic mass is 32.2. The molecular weight excluding hydrogens is 332 g/mol. The molecule has 1 aliphatic rings. The summed E-state index contributed by atoms with van der Waals surface area (Å²) in [5, 5.41) is 0. The minimum absolute atomic E-state index is 0.114. The third kappa shape index (κ3) is 3.47. The van der Waals surface area contributed by atoms with Crippen LogP contribution in [0.3, 0.4) is 0 Å². The Labute approximate surface area is 141 Å². The minimum Gasteiger partial charge on any atom is -0.493 e. The van der Waals surface area contributed by atoms with Gasteiger partial charge in [-0.3, -0.25) is 4.18 Å². The highest BCUT2D eigenvalue weighted by Crippen LogP contribution is 2.40. The summed E-state index contributed by atoms with van der Waals surface area (Å²) in [6.07, 6.45) is -0.547. The SMILES string of the molecule is COc1cccc2c1O[C@H](COS(=O)(=O)c1ccc(C)cc1)CO2. The molecule has 0 aromatic heterocycles. The van der Waals surface area contributed by atoms with Gasteiger partial charge in [0.05, 0.1) is 12.0 Å². The van der Waals surface area contributed by atoms with E-state index in [4.69, 9.17) is 18.4 Å². The number of fused-ring (bicyclic) bond motifs is 1. The van der Waals surface area contributed by atoms with Crippen molar-refractivity contribution in [2.75, 3.05) is 20.3 Å². The molecule has 7 heteroatoms. The molecule has 6 nitrogen and oxygen atoms in total. The van der Waals surface area contributed by atoms with Gasteiger partial charge < -0.3 is 14.2 Å². The van der Waals surface area contributed by atoms with Crippen LogP contribution in [-0.4, -0.2) is 34.8 Å². The van der Waals surface area contributed by atoms with Crippen LogP contribution >= 0.6 is 0 Å². The smallest absolute Gasteiger partial charge is 0.297 e. The average molecular weight is 350 g/mol. The van der Waals surface area contributed by atoms with Crippen LogP contribution in [0.15, 0.2) is 47.4 Å². The maximum absolute atomic E-state index is 12.2. The summed E-state index contributed by atoms with van der Waals surface area (Å²) in [6.45, 7) is 1.94. The molecule has 0 unspecified atom stereocenters. The Morgan fingerprint density at radius 3 is 2.62 bits per heavy atom. The Balaban J connectivity index is 1.68. The first-order chi connectivity index (χ1) is 11.5. The molecule has 1 aliphatic heterocycles. The molecule has 0 N–H and O–H groups in total. The number of rotatable bonds is 5. The molecule has 24 heavy (non-hydrogen) atoms.